The van der Waals surface area contributed by atoms with Gasteiger partial charge in [0.1, 0.15) is 0 Å². The van der Waals surface area contributed by atoms with Crippen molar-refractivity contribution < 1.29 is 4.79 Å². The van der Waals surface area contributed by atoms with E-state index in [4.69, 9.17) is 0 Å². The van der Waals surface area contributed by atoms with Gasteiger partial charge >= 0.3 is 0 Å². The molecule has 3 atom stereocenters. The van der Waals surface area contributed by atoms with Crippen molar-refractivity contribution >= 4 is 5.91 Å². The Morgan fingerprint density at radius 3 is 2.69 bits per heavy atom. The highest BCUT2D eigenvalue weighted by molar-refractivity contribution is 5.84. The van der Waals surface area contributed by atoms with Gasteiger partial charge in [-0.2, -0.15) is 0 Å². The molecular formula is C13H26N2O. The van der Waals surface area contributed by atoms with Gasteiger partial charge in [-0.25, -0.2) is 0 Å². The first-order valence-corrected chi connectivity index (χ1v) is 6.65. The standard InChI is InChI=1S/C13H26N2O/c1-5-8-14-12-7-9-15(13(12)16)11(4)10(3)6-2/h10-12,14H,5-9H2,1-4H3. The number of likely N-dealkylation sites (tertiary alicyclic amines) is 1. The zero-order valence-corrected chi connectivity index (χ0v) is 11.1. The summed E-state index contributed by atoms with van der Waals surface area (Å²) in [6.45, 7) is 10.6. The monoisotopic (exact) mass is 226 g/mol. The van der Waals surface area contributed by atoms with Gasteiger partial charge in [0, 0.05) is 12.6 Å². The molecule has 1 aliphatic rings. The number of hydrogen-bond acceptors (Lipinski definition) is 2. The predicted molar refractivity (Wildman–Crippen MR) is 67.3 cm³/mol. The summed E-state index contributed by atoms with van der Waals surface area (Å²) in [7, 11) is 0. The lowest BCUT2D eigenvalue weighted by atomic mass is 10.00. The lowest BCUT2D eigenvalue weighted by Gasteiger charge is -2.29. The molecular weight excluding hydrogens is 200 g/mol. The molecule has 1 amide bonds. The lowest BCUT2D eigenvalue weighted by molar-refractivity contribution is -0.131. The van der Waals surface area contributed by atoms with Crippen molar-refractivity contribution in [2.45, 2.75) is 59.0 Å². The SMILES string of the molecule is CCCNC1CCN(C(C)C(C)CC)C1=O. The van der Waals surface area contributed by atoms with Gasteiger partial charge in [0.15, 0.2) is 0 Å². The number of carbonyl (C=O) groups is 1. The normalized spacial score (nSPS) is 24.9. The quantitative estimate of drug-likeness (QED) is 0.751. The van der Waals surface area contributed by atoms with E-state index in [0.29, 0.717) is 17.9 Å². The third kappa shape index (κ3) is 2.97. The molecule has 94 valence electrons. The fraction of sp³-hybridized carbons (Fsp3) is 0.923. The van der Waals surface area contributed by atoms with Crippen LogP contribution in [-0.4, -0.2) is 36.0 Å². The summed E-state index contributed by atoms with van der Waals surface area (Å²) >= 11 is 0. The number of rotatable bonds is 6. The molecule has 1 aliphatic heterocycles. The average molecular weight is 226 g/mol. The zero-order chi connectivity index (χ0) is 12.1. The second-order valence-electron chi connectivity index (χ2n) is 4.95. The van der Waals surface area contributed by atoms with E-state index in [1.165, 1.54) is 0 Å². The summed E-state index contributed by atoms with van der Waals surface area (Å²) in [5, 5.41) is 3.33. The largest absolute Gasteiger partial charge is 0.338 e. The highest BCUT2D eigenvalue weighted by atomic mass is 16.2. The van der Waals surface area contributed by atoms with Crippen molar-refractivity contribution in [1.29, 1.82) is 0 Å². The van der Waals surface area contributed by atoms with Crippen LogP contribution in [0, 0.1) is 5.92 Å². The van der Waals surface area contributed by atoms with Gasteiger partial charge in [-0.05, 0) is 32.2 Å². The Balaban J connectivity index is 2.49. The Labute approximate surface area is 99.6 Å². The molecule has 0 saturated carbocycles. The Morgan fingerprint density at radius 1 is 1.44 bits per heavy atom. The van der Waals surface area contributed by atoms with Crippen LogP contribution >= 0.6 is 0 Å². The van der Waals surface area contributed by atoms with Gasteiger partial charge in [0.2, 0.25) is 5.91 Å². The minimum Gasteiger partial charge on any atom is -0.338 e. The van der Waals surface area contributed by atoms with E-state index < -0.39 is 0 Å². The summed E-state index contributed by atoms with van der Waals surface area (Å²) in [6.07, 6.45) is 3.20. The lowest BCUT2D eigenvalue weighted by Crippen LogP contribution is -2.44. The molecule has 1 saturated heterocycles. The molecule has 3 unspecified atom stereocenters. The van der Waals surface area contributed by atoms with Crippen molar-refractivity contribution in [2.24, 2.45) is 5.92 Å². The van der Waals surface area contributed by atoms with Crippen LogP contribution in [0.2, 0.25) is 0 Å². The smallest absolute Gasteiger partial charge is 0.240 e. The summed E-state index contributed by atoms with van der Waals surface area (Å²) in [6, 6.07) is 0.456. The first kappa shape index (κ1) is 13.5. The fourth-order valence-electron chi connectivity index (χ4n) is 2.26. The third-order valence-electron chi connectivity index (χ3n) is 3.84. The summed E-state index contributed by atoms with van der Waals surface area (Å²) in [5.41, 5.74) is 0. The van der Waals surface area contributed by atoms with E-state index in [0.717, 1.165) is 32.4 Å². The Bertz CT molecular complexity index is 230. The van der Waals surface area contributed by atoms with E-state index in [1.807, 2.05) is 0 Å². The molecule has 1 heterocycles. The summed E-state index contributed by atoms with van der Waals surface area (Å²) in [5.74, 6) is 0.898. The molecule has 16 heavy (non-hydrogen) atoms. The van der Waals surface area contributed by atoms with Gasteiger partial charge in [0.25, 0.3) is 0 Å². The summed E-state index contributed by atoms with van der Waals surface area (Å²) in [4.78, 5) is 14.2. The molecule has 3 heteroatoms. The molecule has 0 spiro atoms. The van der Waals surface area contributed by atoms with E-state index in [9.17, 15) is 4.79 Å². The first-order chi connectivity index (χ1) is 7.61. The van der Waals surface area contributed by atoms with Crippen LogP contribution in [0.25, 0.3) is 0 Å². The Hall–Kier alpha value is -0.570. The van der Waals surface area contributed by atoms with Crippen LogP contribution in [-0.2, 0) is 4.79 Å². The number of amides is 1. The molecule has 0 aromatic rings. The van der Waals surface area contributed by atoms with Crippen molar-refractivity contribution in [1.82, 2.24) is 10.2 Å². The number of hydrogen-bond donors (Lipinski definition) is 1. The molecule has 0 radical (unpaired) electrons. The van der Waals surface area contributed by atoms with Crippen LogP contribution in [0.15, 0.2) is 0 Å². The molecule has 1 N–H and O–H groups in total. The van der Waals surface area contributed by atoms with Crippen LogP contribution in [0.3, 0.4) is 0 Å². The third-order valence-corrected chi connectivity index (χ3v) is 3.84. The van der Waals surface area contributed by atoms with Crippen molar-refractivity contribution in [2.75, 3.05) is 13.1 Å². The van der Waals surface area contributed by atoms with E-state index in [-0.39, 0.29) is 6.04 Å². The number of carbonyl (C=O) groups excluding carboxylic acids is 1. The molecule has 3 nitrogen and oxygen atoms in total. The maximum absolute atomic E-state index is 12.1. The van der Waals surface area contributed by atoms with Gasteiger partial charge in [0.05, 0.1) is 6.04 Å². The Morgan fingerprint density at radius 2 is 2.12 bits per heavy atom. The zero-order valence-electron chi connectivity index (χ0n) is 11.1. The summed E-state index contributed by atoms with van der Waals surface area (Å²) < 4.78 is 0. The Kier molecular flexibility index (Phi) is 5.26. The second kappa shape index (κ2) is 6.24. The minimum absolute atomic E-state index is 0.0754. The fourth-order valence-corrected chi connectivity index (χ4v) is 2.26. The van der Waals surface area contributed by atoms with E-state index in [2.05, 4.69) is 37.9 Å². The van der Waals surface area contributed by atoms with Gasteiger partial charge in [-0.15, -0.1) is 0 Å². The van der Waals surface area contributed by atoms with Crippen molar-refractivity contribution in [3.8, 4) is 0 Å². The van der Waals surface area contributed by atoms with Crippen LogP contribution < -0.4 is 5.32 Å². The first-order valence-electron chi connectivity index (χ1n) is 6.65. The molecule has 0 aromatic carbocycles. The van der Waals surface area contributed by atoms with Crippen molar-refractivity contribution in [3.05, 3.63) is 0 Å². The average Bonchev–Trinajstić information content (AvgIpc) is 2.66. The number of nitrogens with zero attached hydrogens (tertiary/aromatic N) is 1. The predicted octanol–water partition coefficient (Wildman–Crippen LogP) is 2.02. The molecule has 1 rings (SSSR count). The van der Waals surface area contributed by atoms with Gasteiger partial charge in [-0.3, -0.25) is 4.79 Å². The molecule has 0 bridgehead atoms. The van der Waals surface area contributed by atoms with Crippen molar-refractivity contribution in [3.63, 3.8) is 0 Å². The van der Waals surface area contributed by atoms with Gasteiger partial charge in [-0.1, -0.05) is 27.2 Å². The van der Waals surface area contributed by atoms with Crippen LogP contribution in [0.1, 0.15) is 47.0 Å². The second-order valence-corrected chi connectivity index (χ2v) is 4.95. The van der Waals surface area contributed by atoms with Crippen LogP contribution in [0.5, 0.6) is 0 Å². The topological polar surface area (TPSA) is 32.3 Å². The maximum Gasteiger partial charge on any atom is 0.240 e. The highest BCUT2D eigenvalue weighted by Crippen LogP contribution is 2.20. The minimum atomic E-state index is 0.0754. The molecule has 1 fully saturated rings. The maximum atomic E-state index is 12.1. The van der Waals surface area contributed by atoms with E-state index in [1.54, 1.807) is 0 Å². The number of nitrogens with one attached hydrogen (secondary N) is 1. The molecule has 0 aromatic heterocycles. The molecule has 0 aliphatic carbocycles. The van der Waals surface area contributed by atoms with E-state index >= 15 is 0 Å². The van der Waals surface area contributed by atoms with Crippen LogP contribution in [0.4, 0.5) is 0 Å². The van der Waals surface area contributed by atoms with Gasteiger partial charge < -0.3 is 10.2 Å². The highest BCUT2D eigenvalue weighted by Gasteiger charge is 2.34.